The molecule has 2 aromatic carbocycles. The second-order valence-electron chi connectivity index (χ2n) is 4.16. The molecule has 0 saturated carbocycles. The molecule has 4 nitrogen and oxygen atoms in total. The quantitative estimate of drug-likeness (QED) is 0.561. The Morgan fingerprint density at radius 3 is 2.50 bits per heavy atom. The average molecular weight is 288 g/mol. The first-order valence-electron chi connectivity index (χ1n) is 5.83. The summed E-state index contributed by atoms with van der Waals surface area (Å²) in [6.07, 6.45) is 0. The third-order valence-corrected chi connectivity index (χ3v) is 3.93. The van der Waals surface area contributed by atoms with Crippen molar-refractivity contribution in [2.24, 2.45) is 0 Å². The van der Waals surface area contributed by atoms with Gasteiger partial charge in [0, 0.05) is 10.4 Å². The second kappa shape index (κ2) is 4.90. The average Bonchev–Trinajstić information content (AvgIpc) is 2.79. The van der Waals surface area contributed by atoms with E-state index in [0.717, 1.165) is 4.70 Å². The maximum Gasteiger partial charge on any atom is 0.311 e. The van der Waals surface area contributed by atoms with E-state index in [2.05, 4.69) is 5.32 Å². The molecule has 1 heterocycles. The highest BCUT2D eigenvalue weighted by molar-refractivity contribution is 7.23. The molecular formula is C14H9FN2O2S. The van der Waals surface area contributed by atoms with Crippen molar-refractivity contribution in [2.75, 3.05) is 5.32 Å². The Hall–Kier alpha value is -2.47. The minimum Gasteiger partial charge on any atom is -0.341 e. The molecular weight excluding hydrogens is 279 g/mol. The first kappa shape index (κ1) is 12.6. The molecule has 0 amide bonds. The van der Waals surface area contributed by atoms with E-state index in [0.29, 0.717) is 16.1 Å². The maximum atomic E-state index is 12.9. The molecule has 100 valence electrons. The molecule has 0 saturated heterocycles. The van der Waals surface area contributed by atoms with Crippen LogP contribution >= 0.6 is 11.3 Å². The van der Waals surface area contributed by atoms with Crippen LogP contribution in [0.5, 0.6) is 0 Å². The van der Waals surface area contributed by atoms with Gasteiger partial charge in [0.05, 0.1) is 10.3 Å². The van der Waals surface area contributed by atoms with E-state index in [1.807, 2.05) is 12.1 Å². The van der Waals surface area contributed by atoms with E-state index < -0.39 is 4.92 Å². The van der Waals surface area contributed by atoms with E-state index in [-0.39, 0.29) is 11.5 Å². The van der Waals surface area contributed by atoms with Gasteiger partial charge in [0.25, 0.3) is 0 Å². The van der Waals surface area contributed by atoms with Crippen LogP contribution in [0.25, 0.3) is 10.1 Å². The highest BCUT2D eigenvalue weighted by atomic mass is 32.1. The number of nitrogens with zero attached hydrogens (tertiary/aromatic N) is 1. The van der Waals surface area contributed by atoms with Gasteiger partial charge >= 0.3 is 5.69 Å². The van der Waals surface area contributed by atoms with Crippen LogP contribution in [-0.2, 0) is 0 Å². The molecule has 6 heteroatoms. The Morgan fingerprint density at radius 2 is 1.80 bits per heavy atom. The molecule has 0 radical (unpaired) electrons. The van der Waals surface area contributed by atoms with Crippen molar-refractivity contribution in [3.8, 4) is 0 Å². The van der Waals surface area contributed by atoms with Gasteiger partial charge in [-0.2, -0.15) is 0 Å². The number of hydrogen-bond donors (Lipinski definition) is 1. The number of halogens is 1. The van der Waals surface area contributed by atoms with Gasteiger partial charge < -0.3 is 5.32 Å². The number of hydrogen-bond acceptors (Lipinski definition) is 4. The third kappa shape index (κ3) is 2.21. The lowest BCUT2D eigenvalue weighted by Crippen LogP contribution is -1.93. The SMILES string of the molecule is O=[N+]([O-])c1c(Nc2ccc(F)cc2)sc2ccccc12. The number of nitrogens with one attached hydrogen (secondary N) is 1. The summed E-state index contributed by atoms with van der Waals surface area (Å²) in [4.78, 5) is 10.9. The van der Waals surface area contributed by atoms with Gasteiger partial charge in [-0.25, -0.2) is 4.39 Å². The summed E-state index contributed by atoms with van der Waals surface area (Å²) < 4.78 is 13.7. The van der Waals surface area contributed by atoms with E-state index in [4.69, 9.17) is 0 Å². The van der Waals surface area contributed by atoms with Crippen molar-refractivity contribution >= 4 is 37.8 Å². The Bertz CT molecular complexity index is 783. The molecule has 0 fully saturated rings. The summed E-state index contributed by atoms with van der Waals surface area (Å²) in [7, 11) is 0. The molecule has 3 aromatic rings. The number of nitro groups is 1. The number of fused-ring (bicyclic) bond motifs is 1. The smallest absolute Gasteiger partial charge is 0.311 e. The minimum absolute atomic E-state index is 0.0509. The summed E-state index contributed by atoms with van der Waals surface area (Å²) >= 11 is 1.30. The first-order valence-corrected chi connectivity index (χ1v) is 6.65. The molecule has 0 atom stereocenters. The van der Waals surface area contributed by atoms with Crippen LogP contribution in [0.1, 0.15) is 0 Å². The number of benzene rings is 2. The molecule has 0 aliphatic carbocycles. The molecule has 0 aliphatic rings. The molecule has 0 bridgehead atoms. The van der Waals surface area contributed by atoms with Crippen LogP contribution in [0.4, 0.5) is 20.8 Å². The Kier molecular flexibility index (Phi) is 3.08. The minimum atomic E-state index is -0.398. The summed E-state index contributed by atoms with van der Waals surface area (Å²) in [5, 5.41) is 15.3. The predicted octanol–water partition coefficient (Wildman–Crippen LogP) is 4.69. The van der Waals surface area contributed by atoms with Crippen LogP contribution in [0.15, 0.2) is 48.5 Å². The monoisotopic (exact) mass is 288 g/mol. The van der Waals surface area contributed by atoms with Crippen LogP contribution in [0.3, 0.4) is 0 Å². The van der Waals surface area contributed by atoms with Crippen molar-refractivity contribution in [3.63, 3.8) is 0 Å². The Morgan fingerprint density at radius 1 is 1.10 bits per heavy atom. The van der Waals surface area contributed by atoms with Crippen molar-refractivity contribution in [1.82, 2.24) is 0 Å². The summed E-state index contributed by atoms with van der Waals surface area (Å²) in [5.41, 5.74) is 0.663. The Balaban J connectivity index is 2.08. The van der Waals surface area contributed by atoms with Crippen LogP contribution in [-0.4, -0.2) is 4.92 Å². The lowest BCUT2D eigenvalue weighted by molar-refractivity contribution is -0.381. The van der Waals surface area contributed by atoms with Gasteiger partial charge in [-0.3, -0.25) is 10.1 Å². The summed E-state index contributed by atoms with van der Waals surface area (Å²) in [6.45, 7) is 0. The number of thiophene rings is 1. The normalized spacial score (nSPS) is 10.7. The van der Waals surface area contributed by atoms with Gasteiger partial charge in [0.1, 0.15) is 5.82 Å². The van der Waals surface area contributed by atoms with E-state index in [1.54, 1.807) is 24.3 Å². The van der Waals surface area contributed by atoms with E-state index in [9.17, 15) is 14.5 Å². The zero-order valence-corrected chi connectivity index (χ0v) is 11.0. The summed E-state index contributed by atoms with van der Waals surface area (Å²) in [6, 6.07) is 12.9. The lowest BCUT2D eigenvalue weighted by Gasteiger charge is -2.02. The summed E-state index contributed by atoms with van der Waals surface area (Å²) in [5.74, 6) is -0.346. The molecule has 0 spiro atoms. The fraction of sp³-hybridized carbons (Fsp3) is 0. The second-order valence-corrected chi connectivity index (χ2v) is 5.22. The van der Waals surface area contributed by atoms with Crippen LogP contribution < -0.4 is 5.32 Å². The van der Waals surface area contributed by atoms with Gasteiger partial charge in [0.2, 0.25) is 0 Å². The molecule has 1 aromatic heterocycles. The number of rotatable bonds is 3. The van der Waals surface area contributed by atoms with Gasteiger partial charge in [0.15, 0.2) is 5.00 Å². The van der Waals surface area contributed by atoms with E-state index in [1.165, 1.54) is 23.5 Å². The Labute approximate surface area is 117 Å². The fourth-order valence-electron chi connectivity index (χ4n) is 1.96. The lowest BCUT2D eigenvalue weighted by atomic mass is 10.2. The largest absolute Gasteiger partial charge is 0.341 e. The first-order chi connectivity index (χ1) is 9.65. The maximum absolute atomic E-state index is 12.9. The topological polar surface area (TPSA) is 55.2 Å². The molecule has 0 unspecified atom stereocenters. The van der Waals surface area contributed by atoms with Crippen molar-refractivity contribution in [2.45, 2.75) is 0 Å². The van der Waals surface area contributed by atoms with Crippen molar-refractivity contribution < 1.29 is 9.31 Å². The zero-order chi connectivity index (χ0) is 14.1. The molecule has 1 N–H and O–H groups in total. The van der Waals surface area contributed by atoms with E-state index >= 15 is 0 Å². The van der Waals surface area contributed by atoms with Crippen molar-refractivity contribution in [3.05, 3.63) is 64.5 Å². The zero-order valence-electron chi connectivity index (χ0n) is 10.2. The van der Waals surface area contributed by atoms with Crippen LogP contribution in [0, 0.1) is 15.9 Å². The third-order valence-electron chi connectivity index (χ3n) is 2.85. The highest BCUT2D eigenvalue weighted by Crippen LogP contribution is 2.42. The predicted molar refractivity (Wildman–Crippen MR) is 78.2 cm³/mol. The van der Waals surface area contributed by atoms with Gasteiger partial charge in [-0.05, 0) is 36.4 Å². The number of anilines is 2. The van der Waals surface area contributed by atoms with Crippen LogP contribution in [0.2, 0.25) is 0 Å². The highest BCUT2D eigenvalue weighted by Gasteiger charge is 2.22. The molecule has 20 heavy (non-hydrogen) atoms. The van der Waals surface area contributed by atoms with Gasteiger partial charge in [-0.1, -0.05) is 12.1 Å². The molecule has 0 aliphatic heterocycles. The van der Waals surface area contributed by atoms with Gasteiger partial charge in [-0.15, -0.1) is 11.3 Å². The fourth-order valence-corrected chi connectivity index (χ4v) is 3.05. The standard InChI is InChI=1S/C14H9FN2O2S/c15-9-5-7-10(8-6-9)16-14-13(17(18)19)11-3-1-2-4-12(11)20-14/h1-8,16H. The molecule has 3 rings (SSSR count). The van der Waals surface area contributed by atoms with Crippen molar-refractivity contribution in [1.29, 1.82) is 0 Å².